The standard InChI is InChI=1S/C67H106N6O6/c1-5-9-13-17-21-25-29-33-37-76-52-41-50(42-53(47-52)77-38-34-30-26-22-18-14-10-6-2)45-56-58-49-59(63-60(56)64(74)72-67(69)71-63)57(61-62(58)70-66(68)73-65(61)75)46-51-43-54(78-39-35-31-27-23-19-15-11-7-3)48-55(44-51)79-40-36-32-28-24-20-16-12-8-4/h41-44,47-48,56-59H,5-40,45-46,49H2,1-4H3,(H3,68,70,73,75)(H3,69,71,72,74)/t56-,57-,58+,59+/m0/s1. The molecule has 79 heavy (non-hydrogen) atoms. The minimum absolute atomic E-state index is 0.0656. The third kappa shape index (κ3) is 21.4. The molecule has 2 aromatic heterocycles. The van der Waals surface area contributed by atoms with Crippen LogP contribution in [0.1, 0.15) is 297 Å². The van der Waals surface area contributed by atoms with Gasteiger partial charge in [0.15, 0.2) is 0 Å². The van der Waals surface area contributed by atoms with Gasteiger partial charge in [-0.25, -0.2) is 9.97 Å². The number of ether oxygens (including phenoxy) is 4. The number of fused-ring (bicyclic) bond motifs is 6. The van der Waals surface area contributed by atoms with Gasteiger partial charge in [0, 0.05) is 46.9 Å². The van der Waals surface area contributed by atoms with Crippen LogP contribution in [0.3, 0.4) is 0 Å². The molecule has 0 fully saturated rings. The van der Waals surface area contributed by atoms with Crippen LogP contribution in [0.15, 0.2) is 46.0 Å². The van der Waals surface area contributed by atoms with Crippen LogP contribution in [0.2, 0.25) is 0 Å². The summed E-state index contributed by atoms with van der Waals surface area (Å²) < 4.78 is 26.1. The third-order valence-electron chi connectivity index (χ3n) is 16.8. The molecule has 0 aliphatic heterocycles. The fraction of sp³-hybridized carbons (Fsp3) is 0.701. The van der Waals surface area contributed by atoms with Crippen molar-refractivity contribution in [3.63, 3.8) is 0 Å². The monoisotopic (exact) mass is 1090 g/mol. The summed E-state index contributed by atoms with van der Waals surface area (Å²) in [4.78, 5) is 44.8. The Bertz CT molecular complexity index is 2210. The summed E-state index contributed by atoms with van der Waals surface area (Å²) in [6.07, 6.45) is 40.7. The Kier molecular flexibility index (Phi) is 29.1. The van der Waals surface area contributed by atoms with Crippen molar-refractivity contribution in [1.29, 1.82) is 0 Å². The third-order valence-corrected chi connectivity index (χ3v) is 16.8. The Morgan fingerprint density at radius 1 is 0.392 bits per heavy atom. The molecule has 0 saturated heterocycles. The van der Waals surface area contributed by atoms with E-state index in [1.807, 2.05) is 12.1 Å². The maximum atomic E-state index is 14.5. The Morgan fingerprint density at radius 3 is 0.911 bits per heavy atom. The number of aromatic amines is 2. The van der Waals surface area contributed by atoms with Gasteiger partial charge in [-0.05, 0) is 80.3 Å². The molecule has 440 valence electrons. The van der Waals surface area contributed by atoms with Gasteiger partial charge in [-0.2, -0.15) is 0 Å². The Morgan fingerprint density at radius 2 is 0.646 bits per heavy atom. The van der Waals surface area contributed by atoms with Gasteiger partial charge in [0.05, 0.1) is 37.8 Å². The molecule has 4 atom stereocenters. The molecule has 6 N–H and O–H groups in total. The minimum atomic E-state index is -0.385. The average Bonchev–Trinajstić information content (AvgIpc) is 3.49. The summed E-state index contributed by atoms with van der Waals surface area (Å²) in [6.45, 7) is 11.5. The number of H-pyrrole nitrogens is 2. The largest absolute Gasteiger partial charge is 0.493 e. The quantitative estimate of drug-likeness (QED) is 0.0311. The van der Waals surface area contributed by atoms with E-state index in [9.17, 15) is 9.59 Å². The normalized spacial score (nSPS) is 16.4. The Labute approximate surface area is 476 Å². The molecule has 2 aromatic carbocycles. The lowest BCUT2D eigenvalue weighted by atomic mass is 9.59. The summed E-state index contributed by atoms with van der Waals surface area (Å²) >= 11 is 0. The van der Waals surface area contributed by atoms with Gasteiger partial charge in [0.2, 0.25) is 11.9 Å². The molecule has 12 nitrogen and oxygen atoms in total. The highest BCUT2D eigenvalue weighted by atomic mass is 16.5. The van der Waals surface area contributed by atoms with Crippen LogP contribution in [0.25, 0.3) is 0 Å². The number of nitrogens with two attached hydrogens (primary N) is 2. The van der Waals surface area contributed by atoms with Gasteiger partial charge >= 0.3 is 0 Å². The maximum absolute atomic E-state index is 14.5. The molecule has 0 amide bonds. The highest BCUT2D eigenvalue weighted by Gasteiger charge is 2.49. The molecule has 2 aliphatic rings. The van der Waals surface area contributed by atoms with Gasteiger partial charge < -0.3 is 30.4 Å². The molecular weight excluding hydrogens is 985 g/mol. The molecule has 0 spiro atoms. The first kappa shape index (κ1) is 63.2. The number of aromatic nitrogens is 4. The zero-order valence-corrected chi connectivity index (χ0v) is 49.8. The van der Waals surface area contributed by atoms with Crippen LogP contribution >= 0.6 is 0 Å². The summed E-state index contributed by atoms with van der Waals surface area (Å²) in [5.41, 5.74) is 16.8. The van der Waals surface area contributed by atoms with Gasteiger partial charge in [0.1, 0.15) is 23.0 Å². The summed E-state index contributed by atoms with van der Waals surface area (Å²) in [6, 6.07) is 12.4. The average molecular weight is 1090 g/mol. The number of rotatable bonds is 44. The highest BCUT2D eigenvalue weighted by Crippen LogP contribution is 2.57. The molecule has 0 saturated carbocycles. The van der Waals surface area contributed by atoms with Gasteiger partial charge in [-0.3, -0.25) is 19.6 Å². The molecule has 2 heterocycles. The first-order valence-electron chi connectivity index (χ1n) is 32.3. The maximum Gasteiger partial charge on any atom is 0.256 e. The van der Waals surface area contributed by atoms with E-state index in [4.69, 9.17) is 40.4 Å². The molecule has 2 bridgehead atoms. The van der Waals surface area contributed by atoms with Crippen molar-refractivity contribution in [3.05, 3.63) is 90.7 Å². The second-order valence-corrected chi connectivity index (χ2v) is 23.5. The van der Waals surface area contributed by atoms with Crippen LogP contribution in [0, 0.1) is 0 Å². The number of nitrogens with zero attached hydrogens (tertiary/aromatic N) is 2. The number of anilines is 2. The van der Waals surface area contributed by atoms with Crippen molar-refractivity contribution in [1.82, 2.24) is 19.9 Å². The molecule has 12 heteroatoms. The van der Waals surface area contributed by atoms with E-state index in [1.165, 1.54) is 154 Å². The lowest BCUT2D eigenvalue weighted by Crippen LogP contribution is -2.41. The first-order valence-corrected chi connectivity index (χ1v) is 32.3. The van der Waals surface area contributed by atoms with E-state index in [1.54, 1.807) is 0 Å². The number of benzene rings is 2. The van der Waals surface area contributed by atoms with Crippen LogP contribution in [0.4, 0.5) is 11.9 Å². The van der Waals surface area contributed by atoms with Crippen molar-refractivity contribution < 1.29 is 18.9 Å². The molecule has 4 aromatic rings. The zero-order chi connectivity index (χ0) is 55.9. The number of unbranched alkanes of at least 4 members (excludes halogenated alkanes) is 28. The van der Waals surface area contributed by atoms with Gasteiger partial charge in [0.25, 0.3) is 11.1 Å². The molecule has 0 unspecified atom stereocenters. The van der Waals surface area contributed by atoms with E-state index >= 15 is 0 Å². The second-order valence-electron chi connectivity index (χ2n) is 23.5. The van der Waals surface area contributed by atoms with E-state index in [-0.39, 0.29) is 46.7 Å². The topological polar surface area (TPSA) is 180 Å². The lowest BCUT2D eigenvalue weighted by Gasteiger charge is -2.44. The molecular formula is C67H106N6O6. The number of hydrogen-bond donors (Lipinski definition) is 4. The number of nitrogens with one attached hydrogen (secondary N) is 2. The SMILES string of the molecule is CCCCCCCCCCOc1cc(C[C@@H]2c3c(nc(N)[nH]c3=O)[C@@H]3C[C@H]2c2nc(N)[nH]c(=O)c2[C@H]3Cc2cc(OCCCCCCCCCC)cc(OCCCCCCCCCC)c2)cc(OCCCCCCCCCC)c1. The number of nitrogen functional groups attached to an aromatic ring is 2. The fourth-order valence-electron chi connectivity index (χ4n) is 12.5. The van der Waals surface area contributed by atoms with Crippen molar-refractivity contribution in [3.8, 4) is 23.0 Å². The second kappa shape index (κ2) is 36.4. The predicted molar refractivity (Wildman–Crippen MR) is 327 cm³/mol. The Balaban J connectivity index is 1.25. The van der Waals surface area contributed by atoms with Crippen molar-refractivity contribution in [2.75, 3.05) is 37.9 Å². The molecule has 0 radical (unpaired) electrons. The van der Waals surface area contributed by atoms with Crippen molar-refractivity contribution in [2.24, 2.45) is 0 Å². The van der Waals surface area contributed by atoms with Gasteiger partial charge in [-0.15, -0.1) is 0 Å². The van der Waals surface area contributed by atoms with E-state index in [2.05, 4.69) is 61.9 Å². The summed E-state index contributed by atoms with van der Waals surface area (Å²) in [5, 5.41) is 0. The fourth-order valence-corrected chi connectivity index (χ4v) is 12.5. The first-order chi connectivity index (χ1) is 38.7. The molecule has 2 aliphatic carbocycles. The smallest absolute Gasteiger partial charge is 0.256 e. The number of hydrogen-bond acceptors (Lipinski definition) is 10. The highest BCUT2D eigenvalue weighted by molar-refractivity contribution is 5.49. The summed E-state index contributed by atoms with van der Waals surface area (Å²) in [7, 11) is 0. The van der Waals surface area contributed by atoms with Crippen molar-refractivity contribution >= 4 is 11.9 Å². The van der Waals surface area contributed by atoms with Crippen molar-refractivity contribution in [2.45, 2.75) is 276 Å². The van der Waals surface area contributed by atoms with Crippen LogP contribution in [0.5, 0.6) is 23.0 Å². The predicted octanol–water partition coefficient (Wildman–Crippen LogP) is 17.0. The van der Waals surface area contributed by atoms with Crippen LogP contribution in [-0.4, -0.2) is 46.4 Å². The van der Waals surface area contributed by atoms with Crippen LogP contribution < -0.4 is 41.5 Å². The summed E-state index contributed by atoms with van der Waals surface area (Å²) in [5.74, 6) is 1.82. The van der Waals surface area contributed by atoms with E-state index < -0.39 is 0 Å². The minimum Gasteiger partial charge on any atom is -0.493 e. The zero-order valence-electron chi connectivity index (χ0n) is 49.8. The van der Waals surface area contributed by atoms with E-state index in [0.29, 0.717) is 68.2 Å². The molecule has 6 rings (SSSR count). The van der Waals surface area contributed by atoms with Crippen LogP contribution in [-0.2, 0) is 12.8 Å². The van der Waals surface area contributed by atoms with E-state index in [0.717, 1.165) is 85.5 Å². The lowest BCUT2D eigenvalue weighted by molar-refractivity contribution is 0.288. The Hall–Kier alpha value is -5.00. The van der Waals surface area contributed by atoms with Gasteiger partial charge in [-0.1, -0.05) is 207 Å².